The van der Waals surface area contributed by atoms with E-state index in [0.717, 1.165) is 10.2 Å². The van der Waals surface area contributed by atoms with Crippen molar-refractivity contribution in [2.45, 2.75) is 20.0 Å². The fourth-order valence-corrected chi connectivity index (χ4v) is 2.44. The van der Waals surface area contributed by atoms with Crippen LogP contribution < -0.4 is 10.1 Å². The van der Waals surface area contributed by atoms with Gasteiger partial charge in [0, 0.05) is 17.1 Å². The fourth-order valence-electron chi connectivity index (χ4n) is 1.45. The number of rotatable bonds is 4. The summed E-state index contributed by atoms with van der Waals surface area (Å²) in [4.78, 5) is 16.0. The van der Waals surface area contributed by atoms with Crippen LogP contribution in [0.5, 0.6) is 5.75 Å². The fraction of sp³-hybridized carbons (Fsp3) is 0.231. The Hall–Kier alpha value is -1.40. The van der Waals surface area contributed by atoms with Gasteiger partial charge in [0.2, 0.25) is 0 Å². The Balaban J connectivity index is 2.13. The van der Waals surface area contributed by atoms with Gasteiger partial charge in [0.15, 0.2) is 5.13 Å². The number of amides is 1. The standard InChI is InChI=1S/C13H13BrN2O2S/c1-8(2)18-11-4-3-9(7-10(11)14)12(17)16-13-15-5-6-19-13/h3-8H,1-2H3,(H,15,16,17). The normalized spacial score (nSPS) is 10.5. The van der Waals surface area contributed by atoms with E-state index in [-0.39, 0.29) is 12.0 Å². The van der Waals surface area contributed by atoms with Crippen molar-refractivity contribution in [2.24, 2.45) is 0 Å². The van der Waals surface area contributed by atoms with Crippen molar-refractivity contribution in [3.8, 4) is 5.75 Å². The van der Waals surface area contributed by atoms with Crippen LogP contribution in [0.3, 0.4) is 0 Å². The number of anilines is 1. The topological polar surface area (TPSA) is 51.2 Å². The lowest BCUT2D eigenvalue weighted by atomic mass is 10.2. The smallest absolute Gasteiger partial charge is 0.257 e. The molecule has 0 atom stereocenters. The molecule has 0 aliphatic rings. The number of aromatic nitrogens is 1. The minimum Gasteiger partial charge on any atom is -0.490 e. The van der Waals surface area contributed by atoms with E-state index >= 15 is 0 Å². The summed E-state index contributed by atoms with van der Waals surface area (Å²) < 4.78 is 6.35. The van der Waals surface area contributed by atoms with Crippen LogP contribution in [-0.2, 0) is 0 Å². The van der Waals surface area contributed by atoms with E-state index in [1.807, 2.05) is 19.2 Å². The van der Waals surface area contributed by atoms with E-state index in [4.69, 9.17) is 4.74 Å². The molecule has 0 fully saturated rings. The predicted molar refractivity (Wildman–Crippen MR) is 80.0 cm³/mol. The largest absolute Gasteiger partial charge is 0.490 e. The molecule has 1 aromatic heterocycles. The Kier molecular flexibility index (Phi) is 4.55. The molecule has 1 heterocycles. The van der Waals surface area contributed by atoms with Gasteiger partial charge in [0.25, 0.3) is 5.91 Å². The molecule has 0 radical (unpaired) electrons. The molecule has 0 spiro atoms. The first-order valence-corrected chi connectivity index (χ1v) is 7.40. The molecule has 0 saturated carbocycles. The number of halogens is 1. The summed E-state index contributed by atoms with van der Waals surface area (Å²) in [6.45, 7) is 3.91. The summed E-state index contributed by atoms with van der Waals surface area (Å²) in [5, 5.41) is 5.13. The first-order valence-electron chi connectivity index (χ1n) is 5.73. The van der Waals surface area contributed by atoms with E-state index in [1.165, 1.54) is 11.3 Å². The zero-order chi connectivity index (χ0) is 13.8. The lowest BCUT2D eigenvalue weighted by Crippen LogP contribution is -2.12. The van der Waals surface area contributed by atoms with Crippen LogP contribution in [-0.4, -0.2) is 17.0 Å². The highest BCUT2D eigenvalue weighted by molar-refractivity contribution is 9.10. The summed E-state index contributed by atoms with van der Waals surface area (Å²) >= 11 is 4.79. The van der Waals surface area contributed by atoms with Crippen molar-refractivity contribution in [3.05, 3.63) is 39.8 Å². The summed E-state index contributed by atoms with van der Waals surface area (Å²) in [5.74, 6) is 0.535. The number of hydrogen-bond donors (Lipinski definition) is 1. The van der Waals surface area contributed by atoms with Gasteiger partial charge >= 0.3 is 0 Å². The number of nitrogens with one attached hydrogen (secondary N) is 1. The van der Waals surface area contributed by atoms with Gasteiger partial charge in [-0.25, -0.2) is 4.98 Å². The van der Waals surface area contributed by atoms with Crippen LogP contribution in [0.4, 0.5) is 5.13 Å². The molecule has 0 aliphatic carbocycles. The zero-order valence-electron chi connectivity index (χ0n) is 10.5. The highest BCUT2D eigenvalue weighted by Gasteiger charge is 2.11. The summed E-state index contributed by atoms with van der Waals surface area (Å²) in [5.41, 5.74) is 0.554. The average molecular weight is 341 g/mol. The van der Waals surface area contributed by atoms with Gasteiger partial charge in [-0.15, -0.1) is 11.3 Å². The molecule has 0 unspecified atom stereocenters. The van der Waals surface area contributed by atoms with Gasteiger partial charge in [0.1, 0.15) is 5.75 Å². The minimum absolute atomic E-state index is 0.0892. The third-order valence-electron chi connectivity index (χ3n) is 2.21. The molecule has 1 amide bonds. The maximum atomic E-state index is 12.0. The monoisotopic (exact) mass is 340 g/mol. The van der Waals surface area contributed by atoms with Crippen molar-refractivity contribution in [1.82, 2.24) is 4.98 Å². The molecule has 100 valence electrons. The van der Waals surface area contributed by atoms with E-state index in [9.17, 15) is 4.79 Å². The Bertz CT molecular complexity index is 570. The van der Waals surface area contributed by atoms with Gasteiger partial charge in [-0.3, -0.25) is 10.1 Å². The van der Waals surface area contributed by atoms with Gasteiger partial charge in [-0.2, -0.15) is 0 Å². The van der Waals surface area contributed by atoms with Crippen LogP contribution >= 0.6 is 27.3 Å². The molecule has 0 saturated heterocycles. The first-order chi connectivity index (χ1) is 9.06. The maximum Gasteiger partial charge on any atom is 0.257 e. The zero-order valence-corrected chi connectivity index (χ0v) is 12.9. The Labute approximate surface area is 124 Å². The van der Waals surface area contributed by atoms with Crippen LogP contribution in [0.15, 0.2) is 34.2 Å². The molecule has 19 heavy (non-hydrogen) atoms. The summed E-state index contributed by atoms with van der Waals surface area (Å²) in [7, 11) is 0. The van der Waals surface area contributed by atoms with Crippen LogP contribution in [0.25, 0.3) is 0 Å². The number of benzene rings is 1. The van der Waals surface area contributed by atoms with Crippen LogP contribution in [0.2, 0.25) is 0 Å². The number of carbonyl (C=O) groups excluding carboxylic acids is 1. The van der Waals surface area contributed by atoms with Gasteiger partial charge in [0.05, 0.1) is 10.6 Å². The maximum absolute atomic E-state index is 12.0. The summed E-state index contributed by atoms with van der Waals surface area (Å²) in [6.07, 6.45) is 1.74. The lowest BCUT2D eigenvalue weighted by molar-refractivity contribution is 0.102. The molecule has 0 aliphatic heterocycles. The SMILES string of the molecule is CC(C)Oc1ccc(C(=O)Nc2nccs2)cc1Br. The second kappa shape index (κ2) is 6.16. The van der Waals surface area contributed by atoms with Gasteiger partial charge in [-0.1, -0.05) is 0 Å². The highest BCUT2D eigenvalue weighted by atomic mass is 79.9. The van der Waals surface area contributed by atoms with Crippen molar-refractivity contribution in [2.75, 3.05) is 5.32 Å². The molecule has 4 nitrogen and oxygen atoms in total. The van der Waals surface area contributed by atoms with Crippen molar-refractivity contribution in [3.63, 3.8) is 0 Å². The molecule has 2 aromatic rings. The van der Waals surface area contributed by atoms with Crippen molar-refractivity contribution in [1.29, 1.82) is 0 Å². The number of ether oxygens (including phenoxy) is 1. The van der Waals surface area contributed by atoms with E-state index in [2.05, 4.69) is 26.2 Å². The molecule has 1 aromatic carbocycles. The van der Waals surface area contributed by atoms with Crippen LogP contribution in [0.1, 0.15) is 24.2 Å². The highest BCUT2D eigenvalue weighted by Crippen LogP contribution is 2.27. The molecular weight excluding hydrogens is 328 g/mol. The lowest BCUT2D eigenvalue weighted by Gasteiger charge is -2.12. The average Bonchev–Trinajstić information content (AvgIpc) is 2.84. The quantitative estimate of drug-likeness (QED) is 0.916. The second-order valence-electron chi connectivity index (χ2n) is 4.10. The number of nitrogens with zero attached hydrogens (tertiary/aromatic N) is 1. The van der Waals surface area contributed by atoms with E-state index in [1.54, 1.807) is 24.4 Å². The second-order valence-corrected chi connectivity index (χ2v) is 5.85. The molecule has 2 rings (SSSR count). The number of hydrogen-bond acceptors (Lipinski definition) is 4. The van der Waals surface area contributed by atoms with Crippen molar-refractivity contribution >= 4 is 38.3 Å². The Morgan fingerprint density at radius 3 is 2.84 bits per heavy atom. The van der Waals surface area contributed by atoms with Crippen molar-refractivity contribution < 1.29 is 9.53 Å². The molecular formula is C13H13BrN2O2S. The molecule has 6 heteroatoms. The number of thiazole rings is 1. The van der Waals surface area contributed by atoms with E-state index < -0.39 is 0 Å². The van der Waals surface area contributed by atoms with Gasteiger partial charge in [-0.05, 0) is 48.0 Å². The Morgan fingerprint density at radius 2 is 2.26 bits per heavy atom. The number of carbonyl (C=O) groups is 1. The van der Waals surface area contributed by atoms with Crippen LogP contribution in [0, 0.1) is 0 Å². The molecule has 1 N–H and O–H groups in total. The first kappa shape index (κ1) is 14.0. The Morgan fingerprint density at radius 1 is 1.47 bits per heavy atom. The third-order valence-corrected chi connectivity index (χ3v) is 3.52. The minimum atomic E-state index is -0.188. The van der Waals surface area contributed by atoms with E-state index in [0.29, 0.717) is 10.7 Å². The molecule has 0 bridgehead atoms. The van der Waals surface area contributed by atoms with Gasteiger partial charge < -0.3 is 4.74 Å². The third kappa shape index (κ3) is 3.78. The predicted octanol–water partition coefficient (Wildman–Crippen LogP) is 3.95. The summed E-state index contributed by atoms with van der Waals surface area (Å²) in [6, 6.07) is 5.24.